The Morgan fingerprint density at radius 2 is 2.10 bits per heavy atom. The summed E-state index contributed by atoms with van der Waals surface area (Å²) in [6.45, 7) is 2.00. The number of nitrogens with two attached hydrogens (primary N) is 1. The minimum Gasteiger partial charge on any atom is -0.324 e. The van der Waals surface area contributed by atoms with Crippen LogP contribution in [0, 0.1) is 6.92 Å². The lowest BCUT2D eigenvalue weighted by Crippen LogP contribution is -2.06. The number of thiol groups is 1. The second-order valence-corrected chi connectivity index (χ2v) is 2.72. The SMILES string of the molecule is Cc1cc(S)cc(NN)c1. The second-order valence-electron chi connectivity index (χ2n) is 2.20. The Morgan fingerprint density at radius 1 is 1.40 bits per heavy atom. The van der Waals surface area contributed by atoms with Gasteiger partial charge in [-0.1, -0.05) is 0 Å². The zero-order valence-corrected chi connectivity index (χ0v) is 6.65. The Bertz CT molecular complexity index is 215. The van der Waals surface area contributed by atoms with Crippen molar-refractivity contribution in [3.05, 3.63) is 23.8 Å². The number of rotatable bonds is 1. The molecule has 3 N–H and O–H groups in total. The molecule has 0 fully saturated rings. The summed E-state index contributed by atoms with van der Waals surface area (Å²) in [6.07, 6.45) is 0. The summed E-state index contributed by atoms with van der Waals surface area (Å²) >= 11 is 4.18. The monoisotopic (exact) mass is 154 g/mol. The molecular formula is C7H10N2S. The first-order valence-electron chi connectivity index (χ1n) is 2.99. The minimum atomic E-state index is 0.894. The van der Waals surface area contributed by atoms with Crippen LogP contribution < -0.4 is 11.3 Å². The van der Waals surface area contributed by atoms with Gasteiger partial charge in [0.15, 0.2) is 0 Å². The van der Waals surface area contributed by atoms with Crippen LogP contribution in [0.3, 0.4) is 0 Å². The summed E-state index contributed by atoms with van der Waals surface area (Å²) in [5, 5.41) is 0. The number of benzene rings is 1. The van der Waals surface area contributed by atoms with Crippen LogP contribution in [0.1, 0.15) is 5.56 Å². The van der Waals surface area contributed by atoms with E-state index in [0.717, 1.165) is 16.1 Å². The summed E-state index contributed by atoms with van der Waals surface area (Å²) in [6, 6.07) is 5.81. The van der Waals surface area contributed by atoms with Crippen molar-refractivity contribution in [2.45, 2.75) is 11.8 Å². The summed E-state index contributed by atoms with van der Waals surface area (Å²) < 4.78 is 0. The van der Waals surface area contributed by atoms with Crippen molar-refractivity contribution in [3.63, 3.8) is 0 Å². The van der Waals surface area contributed by atoms with E-state index in [2.05, 4.69) is 18.1 Å². The van der Waals surface area contributed by atoms with Gasteiger partial charge >= 0.3 is 0 Å². The molecule has 0 unspecified atom stereocenters. The van der Waals surface area contributed by atoms with Gasteiger partial charge < -0.3 is 5.43 Å². The number of nitrogen functional groups attached to an aromatic ring is 1. The number of anilines is 1. The van der Waals surface area contributed by atoms with Crippen LogP contribution >= 0.6 is 12.6 Å². The fourth-order valence-corrected chi connectivity index (χ4v) is 1.19. The van der Waals surface area contributed by atoms with Crippen LogP contribution in [0.2, 0.25) is 0 Å². The Kier molecular flexibility index (Phi) is 2.19. The van der Waals surface area contributed by atoms with Crippen molar-refractivity contribution >= 4 is 18.3 Å². The number of hydrazine groups is 1. The van der Waals surface area contributed by atoms with Crippen LogP contribution in [0.5, 0.6) is 0 Å². The largest absolute Gasteiger partial charge is 0.324 e. The molecule has 0 aliphatic carbocycles. The van der Waals surface area contributed by atoms with E-state index in [4.69, 9.17) is 5.84 Å². The maximum Gasteiger partial charge on any atom is 0.0498 e. The third-order valence-electron chi connectivity index (χ3n) is 1.23. The van der Waals surface area contributed by atoms with E-state index in [1.54, 1.807) is 0 Å². The summed E-state index contributed by atoms with van der Waals surface area (Å²) in [5.41, 5.74) is 4.61. The van der Waals surface area contributed by atoms with E-state index in [-0.39, 0.29) is 0 Å². The van der Waals surface area contributed by atoms with E-state index in [9.17, 15) is 0 Å². The molecule has 0 aromatic heterocycles. The van der Waals surface area contributed by atoms with Gasteiger partial charge in [-0.05, 0) is 30.7 Å². The normalized spacial score (nSPS) is 9.50. The molecule has 2 nitrogen and oxygen atoms in total. The Morgan fingerprint density at radius 3 is 2.60 bits per heavy atom. The smallest absolute Gasteiger partial charge is 0.0498 e. The summed E-state index contributed by atoms with van der Waals surface area (Å²) in [7, 11) is 0. The van der Waals surface area contributed by atoms with E-state index in [1.807, 2.05) is 25.1 Å². The van der Waals surface area contributed by atoms with Crippen LogP contribution in [0.25, 0.3) is 0 Å². The van der Waals surface area contributed by atoms with E-state index < -0.39 is 0 Å². The highest BCUT2D eigenvalue weighted by Crippen LogP contribution is 2.15. The van der Waals surface area contributed by atoms with Gasteiger partial charge in [0.25, 0.3) is 0 Å². The molecule has 3 heteroatoms. The second kappa shape index (κ2) is 2.94. The maximum atomic E-state index is 5.20. The quantitative estimate of drug-likeness (QED) is 0.326. The zero-order valence-electron chi connectivity index (χ0n) is 5.76. The molecule has 0 radical (unpaired) electrons. The van der Waals surface area contributed by atoms with Crippen LogP contribution in [0.15, 0.2) is 23.1 Å². The molecule has 0 spiro atoms. The first kappa shape index (κ1) is 7.44. The van der Waals surface area contributed by atoms with Crippen molar-refractivity contribution in [2.24, 2.45) is 5.84 Å². The zero-order chi connectivity index (χ0) is 7.56. The number of hydrogen-bond acceptors (Lipinski definition) is 3. The number of nitrogens with one attached hydrogen (secondary N) is 1. The fourth-order valence-electron chi connectivity index (χ4n) is 0.846. The lowest BCUT2D eigenvalue weighted by molar-refractivity contribution is 1.29. The van der Waals surface area contributed by atoms with Crippen molar-refractivity contribution in [1.82, 2.24) is 0 Å². The Balaban J connectivity index is 3.06. The highest BCUT2D eigenvalue weighted by Gasteiger charge is 1.91. The van der Waals surface area contributed by atoms with Crippen LogP contribution in [-0.2, 0) is 0 Å². The highest BCUT2D eigenvalue weighted by molar-refractivity contribution is 7.80. The van der Waals surface area contributed by atoms with Crippen LogP contribution in [0.4, 0.5) is 5.69 Å². The van der Waals surface area contributed by atoms with E-state index >= 15 is 0 Å². The Hall–Kier alpha value is -0.670. The molecule has 0 saturated carbocycles. The topological polar surface area (TPSA) is 38.0 Å². The average Bonchev–Trinajstić information content (AvgIpc) is 1.85. The number of hydrogen-bond donors (Lipinski definition) is 3. The van der Waals surface area contributed by atoms with Crippen molar-refractivity contribution < 1.29 is 0 Å². The molecule has 0 bridgehead atoms. The number of aryl methyl sites for hydroxylation is 1. The standard InChI is InChI=1S/C7H10N2S/c1-5-2-6(9-8)4-7(10)3-5/h2-4,9-10H,8H2,1H3. The van der Waals surface area contributed by atoms with E-state index in [0.29, 0.717) is 0 Å². The van der Waals surface area contributed by atoms with Gasteiger partial charge in [0, 0.05) is 10.6 Å². The van der Waals surface area contributed by atoms with Crippen molar-refractivity contribution in [2.75, 3.05) is 5.43 Å². The molecule has 10 heavy (non-hydrogen) atoms. The molecule has 1 rings (SSSR count). The molecule has 54 valence electrons. The molecule has 0 heterocycles. The van der Waals surface area contributed by atoms with Gasteiger partial charge in [0.1, 0.15) is 0 Å². The van der Waals surface area contributed by atoms with Crippen molar-refractivity contribution in [1.29, 1.82) is 0 Å². The highest BCUT2D eigenvalue weighted by atomic mass is 32.1. The summed E-state index contributed by atoms with van der Waals surface area (Å²) in [5.74, 6) is 5.20. The Labute approximate surface area is 65.8 Å². The molecule has 1 aromatic rings. The van der Waals surface area contributed by atoms with Gasteiger partial charge in [0.2, 0.25) is 0 Å². The third-order valence-corrected chi connectivity index (χ3v) is 1.49. The van der Waals surface area contributed by atoms with Gasteiger partial charge in [0.05, 0.1) is 0 Å². The van der Waals surface area contributed by atoms with Gasteiger partial charge in [-0.3, -0.25) is 5.84 Å². The predicted molar refractivity (Wildman–Crippen MR) is 46.2 cm³/mol. The first-order valence-corrected chi connectivity index (χ1v) is 3.44. The first-order chi connectivity index (χ1) is 4.72. The molecule has 0 aliphatic heterocycles. The lowest BCUT2D eigenvalue weighted by atomic mass is 10.2. The fraction of sp³-hybridized carbons (Fsp3) is 0.143. The molecule has 0 amide bonds. The summed E-state index contributed by atoms with van der Waals surface area (Å²) in [4.78, 5) is 0.924. The molecule has 0 atom stereocenters. The van der Waals surface area contributed by atoms with Crippen molar-refractivity contribution in [3.8, 4) is 0 Å². The molecule has 0 saturated heterocycles. The van der Waals surface area contributed by atoms with Crippen LogP contribution in [-0.4, -0.2) is 0 Å². The van der Waals surface area contributed by atoms with Gasteiger partial charge in [-0.2, -0.15) is 0 Å². The maximum absolute atomic E-state index is 5.20. The van der Waals surface area contributed by atoms with Gasteiger partial charge in [-0.15, -0.1) is 12.6 Å². The predicted octanol–water partition coefficient (Wildman–Crippen LogP) is 1.57. The molecule has 1 aromatic carbocycles. The van der Waals surface area contributed by atoms with E-state index in [1.165, 1.54) is 0 Å². The third kappa shape index (κ3) is 1.65. The van der Waals surface area contributed by atoms with Gasteiger partial charge in [-0.25, -0.2) is 0 Å². The lowest BCUT2D eigenvalue weighted by Gasteiger charge is -2.01. The minimum absolute atomic E-state index is 0.894. The molecule has 0 aliphatic rings. The average molecular weight is 154 g/mol. The molecular weight excluding hydrogens is 144 g/mol.